The molecule has 1 aromatic carbocycles. The van der Waals surface area contributed by atoms with Gasteiger partial charge >= 0.3 is 0 Å². The van der Waals surface area contributed by atoms with E-state index in [-0.39, 0.29) is 12.5 Å². The molecule has 1 saturated heterocycles. The summed E-state index contributed by atoms with van der Waals surface area (Å²) in [5, 5.41) is 5.33. The molecule has 0 aliphatic carbocycles. The Balaban J connectivity index is 1.66. The second-order valence-corrected chi connectivity index (χ2v) is 5.65. The third-order valence-electron chi connectivity index (χ3n) is 4.05. The highest BCUT2D eigenvalue weighted by atomic mass is 16.2. The zero-order valence-corrected chi connectivity index (χ0v) is 12.5. The summed E-state index contributed by atoms with van der Waals surface area (Å²) in [5.41, 5.74) is 0.606. The van der Waals surface area contributed by atoms with Crippen molar-refractivity contribution >= 4 is 23.6 Å². The topological polar surface area (TPSA) is 95.6 Å². The molecule has 1 aromatic rings. The highest BCUT2D eigenvalue weighted by Crippen LogP contribution is 2.21. The Bertz CT molecular complexity index is 651. The Morgan fingerprint density at radius 2 is 1.78 bits per heavy atom. The number of nitrogens with one attached hydrogen (secondary N) is 2. The van der Waals surface area contributed by atoms with Gasteiger partial charge in [-0.15, -0.1) is 0 Å². The van der Waals surface area contributed by atoms with Gasteiger partial charge < -0.3 is 10.6 Å². The van der Waals surface area contributed by atoms with Crippen LogP contribution >= 0.6 is 0 Å². The van der Waals surface area contributed by atoms with Gasteiger partial charge in [0.15, 0.2) is 0 Å². The van der Waals surface area contributed by atoms with Crippen LogP contribution in [0.4, 0.5) is 0 Å². The molecule has 2 aliphatic heterocycles. The van der Waals surface area contributed by atoms with Gasteiger partial charge in [0, 0.05) is 6.54 Å². The van der Waals surface area contributed by atoms with Gasteiger partial charge in [0.2, 0.25) is 11.8 Å². The first kappa shape index (κ1) is 15.2. The zero-order chi connectivity index (χ0) is 16.4. The number of benzene rings is 1. The van der Waals surface area contributed by atoms with Crippen LogP contribution in [0.1, 0.15) is 40.0 Å². The largest absolute Gasteiger partial charge is 0.354 e. The summed E-state index contributed by atoms with van der Waals surface area (Å²) in [6.07, 6.45) is 2.26. The van der Waals surface area contributed by atoms with Crippen molar-refractivity contribution in [3.63, 3.8) is 0 Å². The van der Waals surface area contributed by atoms with E-state index in [2.05, 4.69) is 10.6 Å². The maximum atomic E-state index is 12.2. The van der Waals surface area contributed by atoms with Gasteiger partial charge in [-0.2, -0.15) is 0 Å². The van der Waals surface area contributed by atoms with Crippen molar-refractivity contribution in [3.05, 3.63) is 35.4 Å². The third kappa shape index (κ3) is 2.94. The summed E-state index contributed by atoms with van der Waals surface area (Å²) in [6.45, 7) is 0.222. The molecule has 0 unspecified atom stereocenters. The van der Waals surface area contributed by atoms with E-state index >= 15 is 0 Å². The number of rotatable bonds is 3. The molecule has 2 aliphatic rings. The van der Waals surface area contributed by atoms with Crippen molar-refractivity contribution in [1.29, 1.82) is 0 Å². The number of nitrogens with zero attached hydrogens (tertiary/aromatic N) is 1. The van der Waals surface area contributed by atoms with Gasteiger partial charge in [-0.1, -0.05) is 12.1 Å². The number of imide groups is 1. The highest BCUT2D eigenvalue weighted by molar-refractivity contribution is 6.22. The van der Waals surface area contributed by atoms with E-state index in [0.717, 1.165) is 17.7 Å². The van der Waals surface area contributed by atoms with Gasteiger partial charge in [-0.25, -0.2) is 0 Å². The SMILES string of the molecule is O=C(CN1C(=O)c2ccccc2C1=O)N[C@H]1CCCCNC1=O. The molecule has 0 aromatic heterocycles. The molecule has 120 valence electrons. The molecule has 7 heteroatoms. The van der Waals surface area contributed by atoms with Crippen LogP contribution in [0, 0.1) is 0 Å². The Hall–Kier alpha value is -2.70. The Morgan fingerprint density at radius 1 is 1.13 bits per heavy atom. The van der Waals surface area contributed by atoms with Gasteiger partial charge in [-0.3, -0.25) is 24.1 Å². The van der Waals surface area contributed by atoms with E-state index in [0.29, 0.717) is 24.1 Å². The molecule has 0 bridgehead atoms. The van der Waals surface area contributed by atoms with E-state index in [1.807, 2.05) is 0 Å². The molecule has 2 N–H and O–H groups in total. The molecule has 0 radical (unpaired) electrons. The summed E-state index contributed by atoms with van der Waals surface area (Å²) in [4.78, 5) is 49.3. The molecule has 0 saturated carbocycles. The molecular formula is C16H17N3O4. The van der Waals surface area contributed by atoms with Crippen molar-refractivity contribution in [2.24, 2.45) is 0 Å². The van der Waals surface area contributed by atoms with Crippen LogP contribution < -0.4 is 10.6 Å². The summed E-state index contributed by atoms with van der Waals surface area (Å²) in [6, 6.07) is 5.85. The first-order chi connectivity index (χ1) is 11.1. The summed E-state index contributed by atoms with van der Waals surface area (Å²) >= 11 is 0. The lowest BCUT2D eigenvalue weighted by atomic mass is 10.1. The maximum Gasteiger partial charge on any atom is 0.262 e. The molecule has 2 heterocycles. The summed E-state index contributed by atoms with van der Waals surface area (Å²) in [7, 11) is 0. The quantitative estimate of drug-likeness (QED) is 0.772. The minimum atomic E-state index is -0.611. The predicted octanol–water partition coefficient (Wildman–Crippen LogP) is 0.0675. The van der Waals surface area contributed by atoms with Gasteiger partial charge in [0.25, 0.3) is 11.8 Å². The molecule has 3 rings (SSSR count). The molecule has 4 amide bonds. The fourth-order valence-electron chi connectivity index (χ4n) is 2.84. The van der Waals surface area contributed by atoms with E-state index in [1.54, 1.807) is 24.3 Å². The van der Waals surface area contributed by atoms with Crippen molar-refractivity contribution < 1.29 is 19.2 Å². The van der Waals surface area contributed by atoms with Crippen LogP contribution in [0.15, 0.2) is 24.3 Å². The number of hydrogen-bond acceptors (Lipinski definition) is 4. The monoisotopic (exact) mass is 315 g/mol. The Morgan fingerprint density at radius 3 is 2.43 bits per heavy atom. The van der Waals surface area contributed by atoms with Crippen LogP contribution in [0.2, 0.25) is 0 Å². The lowest BCUT2D eigenvalue weighted by Gasteiger charge is -2.18. The molecule has 7 nitrogen and oxygen atoms in total. The van der Waals surface area contributed by atoms with Crippen LogP contribution in [-0.4, -0.2) is 47.7 Å². The smallest absolute Gasteiger partial charge is 0.262 e. The Labute approximate surface area is 133 Å². The lowest BCUT2D eigenvalue weighted by molar-refractivity contribution is -0.128. The number of fused-ring (bicyclic) bond motifs is 1. The standard InChI is InChI=1S/C16H17N3O4/c20-13(18-12-7-3-4-8-17-14(12)21)9-19-15(22)10-5-1-2-6-11(10)16(19)23/h1-2,5-6,12H,3-4,7-9H2,(H,17,21)(H,18,20)/t12-/m0/s1. The second-order valence-electron chi connectivity index (χ2n) is 5.65. The maximum absolute atomic E-state index is 12.2. The average Bonchev–Trinajstić information content (AvgIpc) is 2.69. The highest BCUT2D eigenvalue weighted by Gasteiger charge is 2.36. The number of carbonyl (C=O) groups is 4. The minimum Gasteiger partial charge on any atom is -0.354 e. The summed E-state index contributed by atoms with van der Waals surface area (Å²) in [5.74, 6) is -1.70. The number of carbonyl (C=O) groups excluding carboxylic acids is 4. The van der Waals surface area contributed by atoms with Crippen molar-refractivity contribution in [2.45, 2.75) is 25.3 Å². The van der Waals surface area contributed by atoms with Crippen LogP contribution in [-0.2, 0) is 9.59 Å². The molecule has 23 heavy (non-hydrogen) atoms. The van der Waals surface area contributed by atoms with Gasteiger partial charge in [0.05, 0.1) is 11.1 Å². The van der Waals surface area contributed by atoms with Crippen molar-refractivity contribution in [1.82, 2.24) is 15.5 Å². The van der Waals surface area contributed by atoms with Gasteiger partial charge in [0.1, 0.15) is 12.6 Å². The van der Waals surface area contributed by atoms with Crippen LogP contribution in [0.25, 0.3) is 0 Å². The van der Waals surface area contributed by atoms with Crippen molar-refractivity contribution in [3.8, 4) is 0 Å². The van der Waals surface area contributed by atoms with Crippen LogP contribution in [0.5, 0.6) is 0 Å². The van der Waals surface area contributed by atoms with E-state index in [1.165, 1.54) is 0 Å². The van der Waals surface area contributed by atoms with Crippen LogP contribution in [0.3, 0.4) is 0 Å². The third-order valence-corrected chi connectivity index (χ3v) is 4.05. The zero-order valence-electron chi connectivity index (χ0n) is 12.5. The molecule has 1 atom stereocenters. The minimum absolute atomic E-state index is 0.224. The normalized spacial score (nSPS) is 20.8. The number of amides is 4. The predicted molar refractivity (Wildman–Crippen MR) is 80.6 cm³/mol. The summed E-state index contributed by atoms with van der Waals surface area (Å²) < 4.78 is 0. The van der Waals surface area contributed by atoms with Gasteiger partial charge in [-0.05, 0) is 31.4 Å². The second kappa shape index (κ2) is 6.20. The first-order valence-corrected chi connectivity index (χ1v) is 7.60. The molecule has 0 spiro atoms. The first-order valence-electron chi connectivity index (χ1n) is 7.60. The average molecular weight is 315 g/mol. The molecule has 1 fully saturated rings. The molecular weight excluding hydrogens is 298 g/mol. The fraction of sp³-hybridized carbons (Fsp3) is 0.375. The Kier molecular flexibility index (Phi) is 4.10. The lowest BCUT2D eigenvalue weighted by Crippen LogP contribution is -2.49. The van der Waals surface area contributed by atoms with E-state index in [9.17, 15) is 19.2 Å². The van der Waals surface area contributed by atoms with E-state index < -0.39 is 23.8 Å². The van der Waals surface area contributed by atoms with E-state index in [4.69, 9.17) is 0 Å². The number of hydrogen-bond donors (Lipinski definition) is 2. The fourth-order valence-corrected chi connectivity index (χ4v) is 2.84. The van der Waals surface area contributed by atoms with Crippen molar-refractivity contribution in [2.75, 3.05) is 13.1 Å².